The van der Waals surface area contributed by atoms with E-state index in [1.807, 2.05) is 18.2 Å². The van der Waals surface area contributed by atoms with Crippen LogP contribution in [-0.2, 0) is 11.2 Å². The summed E-state index contributed by atoms with van der Waals surface area (Å²) in [5, 5.41) is 10.2. The van der Waals surface area contributed by atoms with E-state index >= 15 is 0 Å². The van der Waals surface area contributed by atoms with E-state index in [9.17, 15) is 4.79 Å². The van der Waals surface area contributed by atoms with Gasteiger partial charge in [-0.3, -0.25) is 0 Å². The second-order valence-corrected chi connectivity index (χ2v) is 5.69. The number of halogens is 2. The Bertz CT molecular complexity index is 692. The van der Waals surface area contributed by atoms with Crippen LogP contribution >= 0.6 is 23.2 Å². The molecule has 0 radical (unpaired) electrons. The SMILES string of the molecule is O=C(O)[C@@H]1CCc2cccc(-c3c(Cl)cccc3Cl)c2O1. The number of rotatable bonds is 2. The van der Waals surface area contributed by atoms with E-state index < -0.39 is 12.1 Å². The highest BCUT2D eigenvalue weighted by atomic mass is 35.5. The normalized spacial score (nSPS) is 17.0. The number of hydrogen-bond acceptors (Lipinski definition) is 2. The van der Waals surface area contributed by atoms with Crippen LogP contribution in [-0.4, -0.2) is 17.2 Å². The van der Waals surface area contributed by atoms with Gasteiger partial charge in [0, 0.05) is 11.1 Å². The molecule has 5 heteroatoms. The van der Waals surface area contributed by atoms with Crippen molar-refractivity contribution >= 4 is 29.2 Å². The fraction of sp³-hybridized carbons (Fsp3) is 0.188. The number of benzene rings is 2. The maximum atomic E-state index is 11.2. The van der Waals surface area contributed by atoms with E-state index in [-0.39, 0.29) is 0 Å². The van der Waals surface area contributed by atoms with Gasteiger partial charge in [-0.1, -0.05) is 47.5 Å². The van der Waals surface area contributed by atoms with Crippen LogP contribution < -0.4 is 4.74 Å². The molecule has 21 heavy (non-hydrogen) atoms. The third-order valence-electron chi connectivity index (χ3n) is 3.54. The fourth-order valence-electron chi connectivity index (χ4n) is 2.53. The van der Waals surface area contributed by atoms with E-state index in [0.717, 1.165) is 11.1 Å². The van der Waals surface area contributed by atoms with Gasteiger partial charge < -0.3 is 9.84 Å². The number of ether oxygens (including phenoxy) is 1. The maximum absolute atomic E-state index is 11.2. The topological polar surface area (TPSA) is 46.5 Å². The van der Waals surface area contributed by atoms with Crippen LogP contribution in [0.2, 0.25) is 10.0 Å². The third-order valence-corrected chi connectivity index (χ3v) is 4.17. The quantitative estimate of drug-likeness (QED) is 0.889. The molecule has 0 saturated heterocycles. The Kier molecular flexibility index (Phi) is 3.79. The van der Waals surface area contributed by atoms with Gasteiger partial charge in [0.25, 0.3) is 0 Å². The zero-order valence-electron chi connectivity index (χ0n) is 11.0. The lowest BCUT2D eigenvalue weighted by Gasteiger charge is -2.26. The summed E-state index contributed by atoms with van der Waals surface area (Å²) in [6, 6.07) is 10.9. The number of carboxylic acids is 1. The first-order valence-corrected chi connectivity index (χ1v) is 7.29. The van der Waals surface area contributed by atoms with E-state index in [4.69, 9.17) is 33.0 Å². The molecule has 1 aliphatic rings. The highest BCUT2D eigenvalue weighted by Crippen LogP contribution is 2.43. The molecule has 0 aromatic heterocycles. The summed E-state index contributed by atoms with van der Waals surface area (Å²) in [4.78, 5) is 11.2. The summed E-state index contributed by atoms with van der Waals surface area (Å²) in [6.45, 7) is 0. The molecular formula is C16H12Cl2O3. The van der Waals surface area contributed by atoms with Gasteiger partial charge in [-0.05, 0) is 30.5 Å². The van der Waals surface area contributed by atoms with Crippen molar-refractivity contribution in [2.75, 3.05) is 0 Å². The molecule has 0 fully saturated rings. The number of hydrogen-bond donors (Lipinski definition) is 1. The summed E-state index contributed by atoms with van der Waals surface area (Å²) < 4.78 is 5.67. The highest BCUT2D eigenvalue weighted by Gasteiger charge is 2.28. The smallest absolute Gasteiger partial charge is 0.344 e. The minimum atomic E-state index is -0.958. The molecule has 0 spiro atoms. The zero-order valence-corrected chi connectivity index (χ0v) is 12.5. The van der Waals surface area contributed by atoms with Crippen molar-refractivity contribution in [3.05, 3.63) is 52.0 Å². The van der Waals surface area contributed by atoms with E-state index in [2.05, 4.69) is 0 Å². The van der Waals surface area contributed by atoms with Crippen LogP contribution in [0.3, 0.4) is 0 Å². The predicted octanol–water partition coefficient (Wildman–Crippen LogP) is 4.44. The predicted molar refractivity (Wildman–Crippen MR) is 82.3 cm³/mol. The lowest BCUT2D eigenvalue weighted by Crippen LogP contribution is -2.31. The molecule has 0 aliphatic carbocycles. The highest BCUT2D eigenvalue weighted by molar-refractivity contribution is 6.39. The third kappa shape index (κ3) is 2.59. The monoisotopic (exact) mass is 322 g/mol. The first-order valence-electron chi connectivity index (χ1n) is 6.53. The van der Waals surface area contributed by atoms with Crippen molar-refractivity contribution < 1.29 is 14.6 Å². The summed E-state index contributed by atoms with van der Waals surface area (Å²) in [5.41, 5.74) is 2.37. The van der Waals surface area contributed by atoms with Crippen LogP contribution in [0.25, 0.3) is 11.1 Å². The Morgan fingerprint density at radius 3 is 2.48 bits per heavy atom. The van der Waals surface area contributed by atoms with Crippen LogP contribution in [0.5, 0.6) is 5.75 Å². The molecule has 3 nitrogen and oxygen atoms in total. The lowest BCUT2D eigenvalue weighted by atomic mass is 9.95. The number of carboxylic acid groups (broad SMARTS) is 1. The maximum Gasteiger partial charge on any atom is 0.344 e. The first-order chi connectivity index (χ1) is 10.1. The van der Waals surface area contributed by atoms with Crippen LogP contribution in [0, 0.1) is 0 Å². The van der Waals surface area contributed by atoms with Crippen molar-refractivity contribution in [2.45, 2.75) is 18.9 Å². The minimum absolute atomic E-state index is 0.460. The Morgan fingerprint density at radius 2 is 1.81 bits per heavy atom. The molecule has 1 atom stereocenters. The van der Waals surface area contributed by atoms with Gasteiger partial charge in [0.2, 0.25) is 0 Å². The van der Waals surface area contributed by atoms with Crippen molar-refractivity contribution in [3.63, 3.8) is 0 Å². The van der Waals surface area contributed by atoms with Crippen molar-refractivity contribution in [1.29, 1.82) is 0 Å². The van der Waals surface area contributed by atoms with Crippen molar-refractivity contribution in [3.8, 4) is 16.9 Å². The largest absolute Gasteiger partial charge is 0.479 e. The molecular weight excluding hydrogens is 311 g/mol. The zero-order chi connectivity index (χ0) is 15.0. The molecule has 0 bridgehead atoms. The van der Waals surface area contributed by atoms with Gasteiger partial charge in [-0.2, -0.15) is 0 Å². The summed E-state index contributed by atoms with van der Waals surface area (Å²) >= 11 is 12.5. The van der Waals surface area contributed by atoms with Gasteiger partial charge in [0.05, 0.1) is 10.0 Å². The number of fused-ring (bicyclic) bond motifs is 1. The van der Waals surface area contributed by atoms with Crippen molar-refractivity contribution in [1.82, 2.24) is 0 Å². The fourth-order valence-corrected chi connectivity index (χ4v) is 3.14. The van der Waals surface area contributed by atoms with E-state index in [1.54, 1.807) is 18.2 Å². The molecule has 2 aromatic rings. The summed E-state index contributed by atoms with van der Waals surface area (Å²) in [5.74, 6) is -0.396. The van der Waals surface area contributed by atoms with Crippen LogP contribution in [0.1, 0.15) is 12.0 Å². The number of aryl methyl sites for hydroxylation is 1. The Hall–Kier alpha value is -1.71. The van der Waals surface area contributed by atoms with Gasteiger partial charge in [0.1, 0.15) is 5.75 Å². The summed E-state index contributed by atoms with van der Waals surface area (Å²) in [6.07, 6.45) is 0.282. The average Bonchev–Trinajstić information content (AvgIpc) is 2.46. The van der Waals surface area contributed by atoms with Crippen LogP contribution in [0.15, 0.2) is 36.4 Å². The summed E-state index contributed by atoms with van der Waals surface area (Å²) in [7, 11) is 0. The van der Waals surface area contributed by atoms with Gasteiger partial charge in [-0.15, -0.1) is 0 Å². The van der Waals surface area contributed by atoms with E-state index in [0.29, 0.717) is 34.2 Å². The number of carbonyl (C=O) groups is 1. The minimum Gasteiger partial charge on any atom is -0.479 e. The van der Waals surface area contributed by atoms with Gasteiger partial charge in [-0.25, -0.2) is 4.79 Å². The number of aliphatic carboxylic acids is 1. The molecule has 1 heterocycles. The van der Waals surface area contributed by atoms with Crippen molar-refractivity contribution in [2.24, 2.45) is 0 Å². The molecule has 0 saturated carbocycles. The standard InChI is InChI=1S/C16H12Cl2O3/c17-11-5-2-6-12(18)14(11)10-4-1-3-9-7-8-13(16(19)20)21-15(9)10/h1-6,13H,7-8H2,(H,19,20)/t13-/m0/s1. The molecule has 3 rings (SSSR count). The second-order valence-electron chi connectivity index (χ2n) is 4.87. The Balaban J connectivity index is 2.15. The van der Waals surface area contributed by atoms with E-state index in [1.165, 1.54) is 0 Å². The molecule has 2 aromatic carbocycles. The average molecular weight is 323 g/mol. The second kappa shape index (κ2) is 5.58. The Labute approximate surface area is 132 Å². The number of para-hydroxylation sites is 1. The molecule has 1 N–H and O–H groups in total. The lowest BCUT2D eigenvalue weighted by molar-refractivity contribution is -0.145. The van der Waals surface area contributed by atoms with Crippen LogP contribution in [0.4, 0.5) is 0 Å². The molecule has 108 valence electrons. The molecule has 0 unspecified atom stereocenters. The Morgan fingerprint density at radius 1 is 1.14 bits per heavy atom. The molecule has 0 amide bonds. The van der Waals surface area contributed by atoms with Gasteiger partial charge in [0.15, 0.2) is 6.10 Å². The first kappa shape index (κ1) is 14.2. The van der Waals surface area contributed by atoms with Gasteiger partial charge >= 0.3 is 5.97 Å². The molecule has 1 aliphatic heterocycles.